The van der Waals surface area contributed by atoms with E-state index in [0.717, 1.165) is 10.6 Å². The summed E-state index contributed by atoms with van der Waals surface area (Å²) >= 11 is 1.42. The van der Waals surface area contributed by atoms with E-state index in [4.69, 9.17) is 5.26 Å². The third-order valence-corrected chi connectivity index (χ3v) is 3.29. The smallest absolute Gasteiger partial charge is 0.133 e. The van der Waals surface area contributed by atoms with Crippen LogP contribution in [0.25, 0.3) is 10.6 Å². The summed E-state index contributed by atoms with van der Waals surface area (Å²) in [6.45, 7) is 1.90. The highest BCUT2D eigenvalue weighted by atomic mass is 32.1. The van der Waals surface area contributed by atoms with Crippen LogP contribution in [0.5, 0.6) is 0 Å². The summed E-state index contributed by atoms with van der Waals surface area (Å²) in [5.74, 6) is -0.278. The van der Waals surface area contributed by atoms with E-state index in [-0.39, 0.29) is 12.2 Å². The largest absolute Gasteiger partial charge is 0.240 e. The number of thiazole rings is 1. The number of halogens is 1. The zero-order valence-corrected chi connectivity index (χ0v) is 9.51. The first-order valence-electron chi connectivity index (χ1n) is 4.80. The summed E-state index contributed by atoms with van der Waals surface area (Å²) in [5.41, 5.74) is 1.24. The lowest BCUT2D eigenvalue weighted by molar-refractivity contribution is 0.631. The van der Waals surface area contributed by atoms with Crippen LogP contribution in [0.1, 0.15) is 10.6 Å². The molecule has 2 nitrogen and oxygen atoms in total. The van der Waals surface area contributed by atoms with Gasteiger partial charge in [-0.15, -0.1) is 11.3 Å². The van der Waals surface area contributed by atoms with Gasteiger partial charge in [0, 0.05) is 10.4 Å². The van der Waals surface area contributed by atoms with Crippen molar-refractivity contribution in [2.75, 3.05) is 0 Å². The van der Waals surface area contributed by atoms with Crippen LogP contribution in [0.2, 0.25) is 0 Å². The van der Waals surface area contributed by atoms with Gasteiger partial charge in [0.25, 0.3) is 0 Å². The number of hydrogen-bond donors (Lipinski definition) is 0. The molecule has 1 heterocycles. The van der Waals surface area contributed by atoms with E-state index >= 15 is 0 Å². The molecule has 0 amide bonds. The van der Waals surface area contributed by atoms with Crippen molar-refractivity contribution < 1.29 is 4.39 Å². The molecule has 0 radical (unpaired) electrons. The molecule has 0 saturated heterocycles. The first-order chi connectivity index (χ1) is 7.72. The second-order valence-electron chi connectivity index (χ2n) is 3.34. The van der Waals surface area contributed by atoms with Crippen molar-refractivity contribution in [2.45, 2.75) is 13.3 Å². The molecule has 0 N–H and O–H groups in total. The molecule has 0 fully saturated rings. The van der Waals surface area contributed by atoms with Crippen molar-refractivity contribution in [1.82, 2.24) is 4.98 Å². The SMILES string of the molecule is Cc1sc(-c2ccccc2F)nc1CC#N. The Balaban J connectivity index is 2.46. The van der Waals surface area contributed by atoms with Gasteiger partial charge >= 0.3 is 0 Å². The molecule has 0 atom stereocenters. The first kappa shape index (κ1) is 10.8. The van der Waals surface area contributed by atoms with Gasteiger partial charge in [-0.1, -0.05) is 12.1 Å². The quantitative estimate of drug-likeness (QED) is 0.796. The van der Waals surface area contributed by atoms with E-state index in [1.807, 2.05) is 6.92 Å². The van der Waals surface area contributed by atoms with Crippen molar-refractivity contribution >= 4 is 11.3 Å². The monoisotopic (exact) mass is 232 g/mol. The molecule has 0 aliphatic rings. The van der Waals surface area contributed by atoms with E-state index in [0.29, 0.717) is 10.6 Å². The minimum Gasteiger partial charge on any atom is -0.240 e. The number of hydrogen-bond acceptors (Lipinski definition) is 3. The maximum absolute atomic E-state index is 13.5. The van der Waals surface area contributed by atoms with E-state index < -0.39 is 0 Å². The Morgan fingerprint density at radius 3 is 2.88 bits per heavy atom. The van der Waals surface area contributed by atoms with Gasteiger partial charge < -0.3 is 0 Å². The van der Waals surface area contributed by atoms with Crippen molar-refractivity contribution in [3.05, 3.63) is 40.7 Å². The molecule has 0 bridgehead atoms. The van der Waals surface area contributed by atoms with Crippen molar-refractivity contribution in [3.63, 3.8) is 0 Å². The van der Waals surface area contributed by atoms with Crippen LogP contribution < -0.4 is 0 Å². The molecule has 2 rings (SSSR count). The van der Waals surface area contributed by atoms with Crippen molar-refractivity contribution in [1.29, 1.82) is 5.26 Å². The van der Waals surface area contributed by atoms with Gasteiger partial charge in [-0.25, -0.2) is 9.37 Å². The van der Waals surface area contributed by atoms with Crippen molar-refractivity contribution in [3.8, 4) is 16.6 Å². The maximum Gasteiger partial charge on any atom is 0.133 e. The van der Waals surface area contributed by atoms with Gasteiger partial charge in [0.1, 0.15) is 10.8 Å². The molecule has 0 saturated carbocycles. The molecule has 2 aromatic rings. The fourth-order valence-electron chi connectivity index (χ4n) is 1.42. The van der Waals surface area contributed by atoms with E-state index in [1.165, 1.54) is 17.4 Å². The van der Waals surface area contributed by atoms with Gasteiger partial charge in [-0.3, -0.25) is 0 Å². The Morgan fingerprint density at radius 1 is 1.44 bits per heavy atom. The average molecular weight is 232 g/mol. The predicted octanol–water partition coefficient (Wildman–Crippen LogP) is 3.32. The van der Waals surface area contributed by atoms with E-state index in [1.54, 1.807) is 18.2 Å². The summed E-state index contributed by atoms with van der Waals surface area (Å²) in [5, 5.41) is 9.26. The lowest BCUT2D eigenvalue weighted by Gasteiger charge is -1.96. The average Bonchev–Trinajstić information content (AvgIpc) is 2.61. The molecule has 16 heavy (non-hydrogen) atoms. The Hall–Kier alpha value is -1.73. The topological polar surface area (TPSA) is 36.7 Å². The molecule has 1 aromatic carbocycles. The Morgan fingerprint density at radius 2 is 2.19 bits per heavy atom. The van der Waals surface area contributed by atoms with Crippen LogP contribution >= 0.6 is 11.3 Å². The number of benzene rings is 1. The highest BCUT2D eigenvalue weighted by Gasteiger charge is 2.11. The molecule has 0 spiro atoms. The maximum atomic E-state index is 13.5. The highest BCUT2D eigenvalue weighted by Crippen LogP contribution is 2.29. The molecule has 0 unspecified atom stereocenters. The second kappa shape index (κ2) is 4.42. The summed E-state index contributed by atoms with van der Waals surface area (Å²) < 4.78 is 13.5. The van der Waals surface area contributed by atoms with Gasteiger partial charge in [-0.2, -0.15) is 5.26 Å². The number of rotatable bonds is 2. The molecule has 0 aliphatic heterocycles. The third kappa shape index (κ3) is 1.95. The van der Waals surface area contributed by atoms with Gasteiger partial charge in [-0.05, 0) is 19.1 Å². The van der Waals surface area contributed by atoms with Gasteiger partial charge in [0.2, 0.25) is 0 Å². The van der Waals surface area contributed by atoms with Crippen LogP contribution in [0.15, 0.2) is 24.3 Å². The molecule has 0 aliphatic carbocycles. The summed E-state index contributed by atoms with van der Waals surface area (Å²) in [4.78, 5) is 5.26. The lowest BCUT2D eigenvalue weighted by Crippen LogP contribution is -1.86. The Bertz CT molecular complexity index is 554. The van der Waals surface area contributed by atoms with Crippen LogP contribution in [-0.2, 0) is 6.42 Å². The van der Waals surface area contributed by atoms with E-state index in [9.17, 15) is 4.39 Å². The minimum atomic E-state index is -0.278. The summed E-state index contributed by atoms with van der Waals surface area (Å²) in [7, 11) is 0. The fraction of sp³-hybridized carbons (Fsp3) is 0.167. The van der Waals surface area contributed by atoms with Gasteiger partial charge in [0.05, 0.1) is 18.2 Å². The summed E-state index contributed by atoms with van der Waals surface area (Å²) in [6.07, 6.45) is 0.275. The normalized spacial score (nSPS) is 10.1. The van der Waals surface area contributed by atoms with Crippen LogP contribution in [-0.4, -0.2) is 4.98 Å². The summed E-state index contributed by atoms with van der Waals surface area (Å²) in [6, 6.07) is 8.59. The molecular weight excluding hydrogens is 223 g/mol. The van der Waals surface area contributed by atoms with Crippen LogP contribution in [0, 0.1) is 24.1 Å². The molecular formula is C12H9FN2S. The van der Waals surface area contributed by atoms with Crippen molar-refractivity contribution in [2.24, 2.45) is 0 Å². The standard InChI is InChI=1S/C12H9FN2S/c1-8-11(6-7-14)15-12(16-8)9-4-2-3-5-10(9)13/h2-5H,6H2,1H3. The number of nitriles is 1. The Kier molecular flexibility index (Phi) is 2.97. The predicted molar refractivity (Wildman–Crippen MR) is 61.6 cm³/mol. The number of nitrogens with zero attached hydrogens (tertiary/aromatic N) is 2. The van der Waals surface area contributed by atoms with Crippen LogP contribution in [0.3, 0.4) is 0 Å². The number of aromatic nitrogens is 1. The zero-order valence-electron chi connectivity index (χ0n) is 8.70. The van der Waals surface area contributed by atoms with Gasteiger partial charge in [0.15, 0.2) is 0 Å². The fourth-order valence-corrected chi connectivity index (χ4v) is 2.37. The molecule has 1 aromatic heterocycles. The Labute approximate surface area is 97.0 Å². The lowest BCUT2D eigenvalue weighted by atomic mass is 10.2. The molecule has 80 valence electrons. The minimum absolute atomic E-state index is 0.275. The highest BCUT2D eigenvalue weighted by molar-refractivity contribution is 7.15. The number of aryl methyl sites for hydroxylation is 1. The molecule has 4 heteroatoms. The van der Waals surface area contributed by atoms with E-state index in [2.05, 4.69) is 11.1 Å². The second-order valence-corrected chi connectivity index (χ2v) is 4.54. The third-order valence-electron chi connectivity index (χ3n) is 2.24. The first-order valence-corrected chi connectivity index (χ1v) is 5.62. The zero-order chi connectivity index (χ0) is 11.5. The van der Waals surface area contributed by atoms with Crippen LogP contribution in [0.4, 0.5) is 4.39 Å².